The van der Waals surface area contributed by atoms with E-state index in [0.717, 1.165) is 36.8 Å². The van der Waals surface area contributed by atoms with Crippen LogP contribution >= 0.6 is 0 Å². The average molecular weight is 324 g/mol. The third-order valence-electron chi connectivity index (χ3n) is 4.34. The Morgan fingerprint density at radius 2 is 2.21 bits per heavy atom. The van der Waals surface area contributed by atoms with Gasteiger partial charge in [0, 0.05) is 11.6 Å². The minimum absolute atomic E-state index is 0.114. The Morgan fingerprint density at radius 3 is 2.92 bits per heavy atom. The lowest BCUT2D eigenvalue weighted by Gasteiger charge is -2.19. The molecule has 1 heterocycles. The minimum Gasteiger partial charge on any atom is -0.493 e. The maximum absolute atomic E-state index is 12.3. The normalized spacial score (nSPS) is 17.3. The molecule has 1 aliphatic carbocycles. The summed E-state index contributed by atoms with van der Waals surface area (Å²) in [6.45, 7) is 0.301. The van der Waals surface area contributed by atoms with Gasteiger partial charge in [0.05, 0.1) is 7.11 Å². The van der Waals surface area contributed by atoms with E-state index in [1.165, 1.54) is 0 Å². The van der Waals surface area contributed by atoms with Crippen LogP contribution in [0.4, 0.5) is 0 Å². The number of carbonyl (C=O) groups is 1. The van der Waals surface area contributed by atoms with E-state index in [9.17, 15) is 10.1 Å². The van der Waals surface area contributed by atoms with Crippen molar-refractivity contribution in [2.75, 3.05) is 13.7 Å². The van der Waals surface area contributed by atoms with Crippen molar-refractivity contribution < 1.29 is 14.3 Å². The number of nitriles is 1. The molecular formula is C19H20N2O3. The summed E-state index contributed by atoms with van der Waals surface area (Å²) < 4.78 is 11.0. The summed E-state index contributed by atoms with van der Waals surface area (Å²) in [5.41, 5.74) is 1.78. The number of nitrogens with zero attached hydrogens (tertiary/aromatic N) is 1. The van der Waals surface area contributed by atoms with Crippen molar-refractivity contribution in [1.29, 1.82) is 5.26 Å². The summed E-state index contributed by atoms with van der Waals surface area (Å²) in [5.74, 6) is 1.05. The van der Waals surface area contributed by atoms with Gasteiger partial charge in [-0.2, -0.15) is 5.26 Å². The quantitative estimate of drug-likeness (QED) is 0.683. The molecule has 1 aromatic carbocycles. The van der Waals surface area contributed by atoms with Crippen molar-refractivity contribution in [3.05, 3.63) is 41.0 Å². The van der Waals surface area contributed by atoms with Crippen molar-refractivity contribution in [2.45, 2.75) is 31.7 Å². The molecule has 1 aromatic rings. The summed E-state index contributed by atoms with van der Waals surface area (Å²) in [6.07, 6.45) is 7.77. The number of benzene rings is 1. The SMILES string of the molecule is COc1cccc2c1OCC(/C=C(/C#N)C(=O)NC1CCCC1)=C2. The van der Waals surface area contributed by atoms with Crippen molar-refractivity contribution in [3.8, 4) is 17.6 Å². The summed E-state index contributed by atoms with van der Waals surface area (Å²) in [4.78, 5) is 12.3. The van der Waals surface area contributed by atoms with Gasteiger partial charge in [0.25, 0.3) is 5.91 Å². The van der Waals surface area contributed by atoms with Crippen molar-refractivity contribution >= 4 is 12.0 Å². The fourth-order valence-electron chi connectivity index (χ4n) is 3.11. The van der Waals surface area contributed by atoms with E-state index < -0.39 is 0 Å². The van der Waals surface area contributed by atoms with Crippen molar-refractivity contribution in [1.82, 2.24) is 5.32 Å². The highest BCUT2D eigenvalue weighted by Crippen LogP contribution is 2.35. The molecule has 0 radical (unpaired) electrons. The minimum atomic E-state index is -0.304. The monoisotopic (exact) mass is 324 g/mol. The number of hydrogen-bond acceptors (Lipinski definition) is 4. The number of para-hydroxylation sites is 1. The summed E-state index contributed by atoms with van der Waals surface area (Å²) >= 11 is 0. The van der Waals surface area contributed by atoms with Crippen LogP contribution < -0.4 is 14.8 Å². The van der Waals surface area contributed by atoms with Crippen LogP contribution in [0.15, 0.2) is 35.4 Å². The van der Waals surface area contributed by atoms with Gasteiger partial charge in [0.1, 0.15) is 18.2 Å². The molecule has 1 saturated carbocycles. The van der Waals surface area contributed by atoms with E-state index in [1.54, 1.807) is 13.2 Å². The first kappa shape index (κ1) is 16.1. The number of fused-ring (bicyclic) bond motifs is 1. The first-order chi connectivity index (χ1) is 11.7. The number of rotatable bonds is 4. The second-order valence-corrected chi connectivity index (χ2v) is 6.01. The van der Waals surface area contributed by atoms with Crippen LogP contribution in [0.25, 0.3) is 6.08 Å². The van der Waals surface area contributed by atoms with E-state index >= 15 is 0 Å². The number of ether oxygens (including phenoxy) is 2. The summed E-state index contributed by atoms with van der Waals surface area (Å²) in [6, 6.07) is 7.81. The predicted molar refractivity (Wildman–Crippen MR) is 90.6 cm³/mol. The Bertz CT molecular complexity index is 737. The topological polar surface area (TPSA) is 71.3 Å². The molecule has 2 aliphatic rings. The van der Waals surface area contributed by atoms with Crippen molar-refractivity contribution in [2.24, 2.45) is 0 Å². The molecule has 1 aliphatic heterocycles. The Balaban J connectivity index is 1.79. The van der Waals surface area contributed by atoms with E-state index in [0.29, 0.717) is 18.1 Å². The smallest absolute Gasteiger partial charge is 0.262 e. The van der Waals surface area contributed by atoms with Crippen LogP contribution in [-0.2, 0) is 4.79 Å². The van der Waals surface area contributed by atoms with Crippen LogP contribution in [0.2, 0.25) is 0 Å². The fourth-order valence-corrected chi connectivity index (χ4v) is 3.11. The molecule has 0 unspecified atom stereocenters. The molecule has 1 N–H and O–H groups in total. The van der Waals surface area contributed by atoms with Gasteiger partial charge in [-0.1, -0.05) is 25.0 Å². The second kappa shape index (κ2) is 7.22. The van der Waals surface area contributed by atoms with Gasteiger partial charge >= 0.3 is 0 Å². The zero-order chi connectivity index (χ0) is 16.9. The van der Waals surface area contributed by atoms with Gasteiger partial charge < -0.3 is 14.8 Å². The molecule has 124 valence electrons. The van der Waals surface area contributed by atoms with Crippen LogP contribution in [0.3, 0.4) is 0 Å². The van der Waals surface area contributed by atoms with E-state index in [1.807, 2.05) is 30.3 Å². The number of nitrogens with one attached hydrogen (secondary N) is 1. The molecule has 0 saturated heterocycles. The Kier molecular flexibility index (Phi) is 4.85. The third kappa shape index (κ3) is 3.43. The zero-order valence-electron chi connectivity index (χ0n) is 13.7. The van der Waals surface area contributed by atoms with E-state index in [-0.39, 0.29) is 17.5 Å². The van der Waals surface area contributed by atoms with Gasteiger partial charge in [-0.25, -0.2) is 0 Å². The van der Waals surface area contributed by atoms with Gasteiger partial charge in [-0.3, -0.25) is 4.79 Å². The van der Waals surface area contributed by atoms with E-state index in [2.05, 4.69) is 5.32 Å². The summed E-state index contributed by atoms with van der Waals surface area (Å²) in [7, 11) is 1.60. The predicted octanol–water partition coefficient (Wildman–Crippen LogP) is 2.98. The van der Waals surface area contributed by atoms with Gasteiger partial charge in [-0.15, -0.1) is 0 Å². The first-order valence-electron chi connectivity index (χ1n) is 8.14. The highest BCUT2D eigenvalue weighted by molar-refractivity contribution is 5.98. The number of amides is 1. The van der Waals surface area contributed by atoms with Crippen LogP contribution in [0.5, 0.6) is 11.5 Å². The third-order valence-corrected chi connectivity index (χ3v) is 4.34. The summed E-state index contributed by atoms with van der Waals surface area (Å²) in [5, 5.41) is 12.3. The standard InChI is InChI=1S/C19H20N2O3/c1-23-17-8-4-5-14-9-13(12-24-18(14)17)10-15(11-20)19(22)21-16-6-2-3-7-16/h4-5,8-10,16H,2-3,6-7,12H2,1H3,(H,21,22)/b15-10-. The Hall–Kier alpha value is -2.74. The van der Waals surface area contributed by atoms with Gasteiger partial charge in [0.2, 0.25) is 0 Å². The van der Waals surface area contributed by atoms with Crippen LogP contribution in [-0.4, -0.2) is 25.7 Å². The Morgan fingerprint density at radius 1 is 1.42 bits per heavy atom. The first-order valence-corrected chi connectivity index (χ1v) is 8.14. The lowest BCUT2D eigenvalue weighted by atomic mass is 10.0. The molecule has 5 nitrogen and oxygen atoms in total. The van der Waals surface area contributed by atoms with E-state index in [4.69, 9.17) is 9.47 Å². The molecule has 5 heteroatoms. The number of methoxy groups -OCH3 is 1. The average Bonchev–Trinajstić information content (AvgIpc) is 3.11. The van der Waals surface area contributed by atoms with Gasteiger partial charge in [-0.05, 0) is 36.6 Å². The van der Waals surface area contributed by atoms with Crippen LogP contribution in [0.1, 0.15) is 31.2 Å². The molecule has 0 atom stereocenters. The molecule has 1 fully saturated rings. The van der Waals surface area contributed by atoms with Crippen LogP contribution in [0, 0.1) is 11.3 Å². The molecule has 3 rings (SSSR count). The Labute approximate surface area is 141 Å². The molecular weight excluding hydrogens is 304 g/mol. The maximum atomic E-state index is 12.3. The number of hydrogen-bond donors (Lipinski definition) is 1. The lowest BCUT2D eigenvalue weighted by Crippen LogP contribution is -2.33. The van der Waals surface area contributed by atoms with Gasteiger partial charge in [0.15, 0.2) is 11.5 Å². The highest BCUT2D eigenvalue weighted by atomic mass is 16.5. The zero-order valence-corrected chi connectivity index (χ0v) is 13.7. The van der Waals surface area contributed by atoms with Crippen molar-refractivity contribution in [3.63, 3.8) is 0 Å². The molecule has 1 amide bonds. The lowest BCUT2D eigenvalue weighted by molar-refractivity contribution is -0.117. The maximum Gasteiger partial charge on any atom is 0.262 e. The molecule has 0 spiro atoms. The second-order valence-electron chi connectivity index (χ2n) is 6.01. The number of carbonyl (C=O) groups excluding carboxylic acids is 1. The molecule has 0 bridgehead atoms. The fraction of sp³-hybridized carbons (Fsp3) is 0.368. The highest BCUT2D eigenvalue weighted by Gasteiger charge is 2.20. The molecule has 24 heavy (non-hydrogen) atoms. The molecule has 0 aromatic heterocycles. The largest absolute Gasteiger partial charge is 0.493 e.